The molecule has 4 nitrogen and oxygen atoms in total. The molecule has 0 bridgehead atoms. The molecule has 0 spiro atoms. The number of guanidine groups is 1. The molecule has 2 aromatic carbocycles. The van der Waals surface area contributed by atoms with Crippen molar-refractivity contribution in [1.82, 2.24) is 10.6 Å². The Morgan fingerprint density at radius 1 is 1.19 bits per heavy atom. The van der Waals surface area contributed by atoms with Gasteiger partial charge >= 0.3 is 0 Å². The highest BCUT2D eigenvalue weighted by Gasteiger charge is 2.59. The molecule has 2 N–H and O–H groups in total. The van der Waals surface area contributed by atoms with Gasteiger partial charge in [0.25, 0.3) is 0 Å². The van der Waals surface area contributed by atoms with Gasteiger partial charge in [-0.1, -0.05) is 50.2 Å². The maximum Gasteiger partial charge on any atom is 0.191 e. The number of nitrogens with one attached hydrogen (secondary N) is 2. The summed E-state index contributed by atoms with van der Waals surface area (Å²) >= 11 is 0. The molecule has 27 heavy (non-hydrogen) atoms. The first-order chi connectivity index (χ1) is 12.5. The Balaban J connectivity index is 0.00000210. The van der Waals surface area contributed by atoms with Gasteiger partial charge in [-0.25, -0.2) is 0 Å². The summed E-state index contributed by atoms with van der Waals surface area (Å²) in [5.74, 6) is 1.47. The fraction of sp³-hybridized carbons (Fsp3) is 0.500. The van der Waals surface area contributed by atoms with Crippen LogP contribution in [0.4, 0.5) is 0 Å². The van der Waals surface area contributed by atoms with Crippen molar-refractivity contribution >= 4 is 40.7 Å². The third-order valence-corrected chi connectivity index (χ3v) is 6.24. The Morgan fingerprint density at radius 3 is 2.67 bits per heavy atom. The summed E-state index contributed by atoms with van der Waals surface area (Å²) in [5, 5.41) is 9.77. The van der Waals surface area contributed by atoms with Crippen molar-refractivity contribution in [2.45, 2.75) is 45.4 Å². The van der Waals surface area contributed by atoms with Crippen LogP contribution >= 0.6 is 24.0 Å². The number of nitrogens with zero attached hydrogens (tertiary/aromatic N) is 1. The average Bonchev–Trinajstić information content (AvgIpc) is 3.11. The SMILES string of the molecule is CN=C(NC(C)c1ccc2ccccc2c1)NC1C2CCOC2C1(C)C.I. The quantitative estimate of drug-likeness (QED) is 0.387. The number of halogens is 1. The van der Waals surface area contributed by atoms with Gasteiger partial charge in [0.15, 0.2) is 5.96 Å². The van der Waals surface area contributed by atoms with Crippen molar-refractivity contribution in [3.63, 3.8) is 0 Å². The molecule has 0 amide bonds. The number of ether oxygens (including phenoxy) is 1. The smallest absolute Gasteiger partial charge is 0.191 e. The Kier molecular flexibility index (Phi) is 6.01. The molecular formula is C22H30IN3O. The van der Waals surface area contributed by atoms with Gasteiger partial charge in [0.05, 0.1) is 12.1 Å². The summed E-state index contributed by atoms with van der Waals surface area (Å²) in [5.41, 5.74) is 1.41. The van der Waals surface area contributed by atoms with Gasteiger partial charge < -0.3 is 15.4 Å². The van der Waals surface area contributed by atoms with Crippen LogP contribution in [-0.2, 0) is 4.74 Å². The minimum Gasteiger partial charge on any atom is -0.377 e. The Labute approximate surface area is 179 Å². The number of hydrogen-bond donors (Lipinski definition) is 2. The van der Waals surface area contributed by atoms with E-state index in [1.165, 1.54) is 16.3 Å². The highest BCUT2D eigenvalue weighted by atomic mass is 127. The van der Waals surface area contributed by atoms with Gasteiger partial charge in [-0.2, -0.15) is 0 Å². The molecule has 4 atom stereocenters. The highest BCUT2D eigenvalue weighted by Crippen LogP contribution is 2.52. The predicted octanol–water partition coefficient (Wildman–Crippen LogP) is 4.50. The summed E-state index contributed by atoms with van der Waals surface area (Å²) in [6.07, 6.45) is 1.53. The van der Waals surface area contributed by atoms with Crippen molar-refractivity contribution in [1.29, 1.82) is 0 Å². The molecule has 5 heteroatoms. The zero-order valence-corrected chi connectivity index (χ0v) is 18.9. The summed E-state index contributed by atoms with van der Waals surface area (Å²) in [7, 11) is 1.84. The van der Waals surface area contributed by atoms with E-state index in [1.807, 2.05) is 7.05 Å². The monoisotopic (exact) mass is 479 g/mol. The first-order valence-corrected chi connectivity index (χ1v) is 9.61. The van der Waals surface area contributed by atoms with E-state index in [9.17, 15) is 0 Å². The molecule has 1 saturated carbocycles. The van der Waals surface area contributed by atoms with E-state index in [2.05, 4.69) is 78.9 Å². The van der Waals surface area contributed by atoms with Crippen LogP contribution in [0, 0.1) is 11.3 Å². The van der Waals surface area contributed by atoms with Crippen LogP contribution in [-0.4, -0.2) is 31.8 Å². The van der Waals surface area contributed by atoms with Crippen LogP contribution in [0.1, 0.15) is 38.8 Å². The lowest BCUT2D eigenvalue weighted by Gasteiger charge is -2.55. The molecular weight excluding hydrogens is 449 g/mol. The van der Waals surface area contributed by atoms with Crippen LogP contribution in [0.3, 0.4) is 0 Å². The molecule has 2 aliphatic rings. The largest absolute Gasteiger partial charge is 0.377 e. The minimum absolute atomic E-state index is 0. The molecule has 1 aliphatic heterocycles. The zero-order valence-electron chi connectivity index (χ0n) is 16.5. The lowest BCUT2D eigenvalue weighted by molar-refractivity contribution is -0.106. The van der Waals surface area contributed by atoms with E-state index in [1.54, 1.807) is 0 Å². The van der Waals surface area contributed by atoms with Crippen molar-refractivity contribution in [3.05, 3.63) is 48.0 Å². The van der Waals surface area contributed by atoms with E-state index in [0.717, 1.165) is 19.0 Å². The van der Waals surface area contributed by atoms with Gasteiger partial charge in [-0.05, 0) is 35.7 Å². The molecule has 146 valence electrons. The minimum atomic E-state index is 0. The fourth-order valence-electron chi connectivity index (χ4n) is 4.70. The van der Waals surface area contributed by atoms with E-state index in [-0.39, 0.29) is 35.4 Å². The summed E-state index contributed by atoms with van der Waals surface area (Å²) in [6.45, 7) is 7.65. The Bertz CT molecular complexity index is 835. The summed E-state index contributed by atoms with van der Waals surface area (Å²) in [4.78, 5) is 4.47. The zero-order chi connectivity index (χ0) is 18.3. The van der Waals surface area contributed by atoms with Gasteiger partial charge in [-0.3, -0.25) is 4.99 Å². The maximum absolute atomic E-state index is 5.90. The van der Waals surface area contributed by atoms with Gasteiger partial charge in [0.1, 0.15) is 0 Å². The standard InChI is InChI=1S/C22H29N3O.HI/c1-14(16-10-9-15-7-5-6-8-17(15)13-16)24-21(23-4)25-19-18-11-12-26-20(18)22(19,2)3;/h5-10,13-14,18-20H,11-12H2,1-4H3,(H2,23,24,25);1H. The molecule has 4 unspecified atom stereocenters. The molecule has 0 radical (unpaired) electrons. The van der Waals surface area contributed by atoms with Crippen molar-refractivity contribution < 1.29 is 4.74 Å². The van der Waals surface area contributed by atoms with Crippen molar-refractivity contribution in [2.75, 3.05) is 13.7 Å². The van der Waals surface area contributed by atoms with E-state index in [0.29, 0.717) is 18.1 Å². The summed E-state index contributed by atoms with van der Waals surface area (Å²) in [6, 6.07) is 15.7. The molecule has 1 aliphatic carbocycles. The lowest BCUT2D eigenvalue weighted by Crippen LogP contribution is -2.68. The number of aliphatic imine (C=N–C) groups is 1. The first-order valence-electron chi connectivity index (χ1n) is 9.61. The predicted molar refractivity (Wildman–Crippen MR) is 123 cm³/mol. The van der Waals surface area contributed by atoms with E-state index in [4.69, 9.17) is 4.74 Å². The number of hydrogen-bond acceptors (Lipinski definition) is 2. The maximum atomic E-state index is 5.90. The third kappa shape index (κ3) is 3.68. The van der Waals surface area contributed by atoms with Gasteiger partial charge in [-0.15, -0.1) is 24.0 Å². The number of fused-ring (bicyclic) bond motifs is 2. The molecule has 2 aromatic rings. The third-order valence-electron chi connectivity index (χ3n) is 6.24. The molecule has 2 fully saturated rings. The van der Waals surface area contributed by atoms with Crippen LogP contribution in [0.15, 0.2) is 47.5 Å². The van der Waals surface area contributed by atoms with E-state index < -0.39 is 0 Å². The van der Waals surface area contributed by atoms with Crippen LogP contribution in [0.2, 0.25) is 0 Å². The normalized spacial score (nSPS) is 27.3. The van der Waals surface area contributed by atoms with Crippen LogP contribution in [0.25, 0.3) is 10.8 Å². The topological polar surface area (TPSA) is 45.7 Å². The van der Waals surface area contributed by atoms with Crippen LogP contribution < -0.4 is 10.6 Å². The highest BCUT2D eigenvalue weighted by molar-refractivity contribution is 14.0. The summed E-state index contributed by atoms with van der Waals surface area (Å²) < 4.78 is 5.90. The van der Waals surface area contributed by atoms with Crippen LogP contribution in [0.5, 0.6) is 0 Å². The first kappa shape index (κ1) is 20.4. The fourth-order valence-corrected chi connectivity index (χ4v) is 4.70. The van der Waals surface area contributed by atoms with Gasteiger partial charge in [0.2, 0.25) is 0 Å². The van der Waals surface area contributed by atoms with E-state index >= 15 is 0 Å². The lowest BCUT2D eigenvalue weighted by atomic mass is 9.57. The van der Waals surface area contributed by atoms with Gasteiger partial charge in [0, 0.05) is 31.0 Å². The molecule has 4 rings (SSSR count). The second-order valence-electron chi connectivity index (χ2n) is 8.23. The molecule has 0 aromatic heterocycles. The number of rotatable bonds is 3. The molecule has 1 heterocycles. The Hall–Kier alpha value is -1.34. The second kappa shape index (κ2) is 7.95. The molecule has 1 saturated heterocycles. The van der Waals surface area contributed by atoms with Crippen molar-refractivity contribution in [3.8, 4) is 0 Å². The number of benzene rings is 2. The average molecular weight is 479 g/mol. The Morgan fingerprint density at radius 2 is 1.93 bits per heavy atom. The second-order valence-corrected chi connectivity index (χ2v) is 8.23. The van der Waals surface area contributed by atoms with Crippen molar-refractivity contribution in [2.24, 2.45) is 16.3 Å².